The highest BCUT2D eigenvalue weighted by Gasteiger charge is 2.14. The normalized spacial score (nSPS) is 18.1. The minimum absolute atomic E-state index is 0.101. The van der Waals surface area contributed by atoms with E-state index in [9.17, 15) is 9.90 Å². The highest BCUT2D eigenvalue weighted by Crippen LogP contribution is 1.97. The average molecular weight is 274 g/mol. The van der Waals surface area contributed by atoms with Gasteiger partial charge in [0.2, 0.25) is 0 Å². The molecule has 1 fully saturated rings. The monoisotopic (exact) mass is 274 g/mol. The van der Waals surface area contributed by atoms with Crippen molar-refractivity contribution in [3.8, 4) is 0 Å². The molecule has 19 heavy (non-hydrogen) atoms. The first-order valence-corrected chi connectivity index (χ1v) is 6.73. The predicted molar refractivity (Wildman–Crippen MR) is 73.2 cm³/mol. The van der Waals surface area contributed by atoms with Gasteiger partial charge in [-0.15, -0.1) is 0 Å². The third-order valence-corrected chi connectivity index (χ3v) is 2.94. The SMILES string of the molecule is CN(C)C(=O)NCCNCC(O)CN1CCOCC1. The molecule has 0 aromatic carbocycles. The van der Waals surface area contributed by atoms with Gasteiger partial charge in [-0.3, -0.25) is 4.90 Å². The zero-order valence-electron chi connectivity index (χ0n) is 11.9. The summed E-state index contributed by atoms with van der Waals surface area (Å²) in [7, 11) is 3.41. The lowest BCUT2D eigenvalue weighted by Gasteiger charge is -2.28. The van der Waals surface area contributed by atoms with Gasteiger partial charge in [0.05, 0.1) is 19.3 Å². The Morgan fingerprint density at radius 1 is 1.37 bits per heavy atom. The lowest BCUT2D eigenvalue weighted by Crippen LogP contribution is -2.45. The highest BCUT2D eigenvalue weighted by molar-refractivity contribution is 5.73. The van der Waals surface area contributed by atoms with Crippen LogP contribution in [0.1, 0.15) is 0 Å². The number of aliphatic hydroxyl groups is 1. The largest absolute Gasteiger partial charge is 0.390 e. The van der Waals surface area contributed by atoms with Crippen molar-refractivity contribution in [2.24, 2.45) is 0 Å². The van der Waals surface area contributed by atoms with Crippen LogP contribution in [-0.4, -0.2) is 93.6 Å². The fraction of sp³-hybridized carbons (Fsp3) is 0.917. The molecule has 1 aliphatic rings. The van der Waals surface area contributed by atoms with E-state index in [4.69, 9.17) is 4.74 Å². The van der Waals surface area contributed by atoms with Gasteiger partial charge in [0, 0.05) is 53.4 Å². The van der Waals surface area contributed by atoms with Gasteiger partial charge in [-0.05, 0) is 0 Å². The van der Waals surface area contributed by atoms with Crippen LogP contribution in [0.15, 0.2) is 0 Å². The zero-order valence-corrected chi connectivity index (χ0v) is 11.9. The summed E-state index contributed by atoms with van der Waals surface area (Å²) in [6.45, 7) is 5.68. The Morgan fingerprint density at radius 3 is 2.68 bits per heavy atom. The number of morpholine rings is 1. The number of ether oxygens (including phenoxy) is 1. The summed E-state index contributed by atoms with van der Waals surface area (Å²) < 4.78 is 5.25. The average Bonchev–Trinajstić information content (AvgIpc) is 2.39. The van der Waals surface area contributed by atoms with Gasteiger partial charge >= 0.3 is 6.03 Å². The molecule has 0 spiro atoms. The minimum atomic E-state index is -0.386. The van der Waals surface area contributed by atoms with Crippen LogP contribution < -0.4 is 10.6 Å². The standard InChI is InChI=1S/C12H26N4O3/c1-15(2)12(18)14-4-3-13-9-11(17)10-16-5-7-19-8-6-16/h11,13,17H,3-10H2,1-2H3,(H,14,18). The van der Waals surface area contributed by atoms with Gasteiger partial charge in [0.15, 0.2) is 0 Å². The van der Waals surface area contributed by atoms with Gasteiger partial charge in [-0.25, -0.2) is 4.79 Å². The molecule has 1 saturated heterocycles. The van der Waals surface area contributed by atoms with Crippen molar-refractivity contribution in [3.05, 3.63) is 0 Å². The molecule has 0 radical (unpaired) electrons. The van der Waals surface area contributed by atoms with Crippen molar-refractivity contribution in [1.82, 2.24) is 20.4 Å². The van der Waals surface area contributed by atoms with Crippen molar-refractivity contribution in [2.75, 3.05) is 66.6 Å². The lowest BCUT2D eigenvalue weighted by atomic mass is 10.3. The summed E-state index contributed by atoms with van der Waals surface area (Å²) in [6.07, 6.45) is -0.386. The van der Waals surface area contributed by atoms with E-state index in [1.807, 2.05) is 0 Å². The Balaban J connectivity index is 1.97. The van der Waals surface area contributed by atoms with Crippen LogP contribution in [0.4, 0.5) is 4.79 Å². The second kappa shape index (κ2) is 9.08. The second-order valence-electron chi connectivity index (χ2n) is 4.90. The van der Waals surface area contributed by atoms with E-state index < -0.39 is 0 Å². The van der Waals surface area contributed by atoms with Gasteiger partial charge in [0.25, 0.3) is 0 Å². The number of urea groups is 1. The Morgan fingerprint density at radius 2 is 2.05 bits per heavy atom. The van der Waals surface area contributed by atoms with Crippen LogP contribution >= 0.6 is 0 Å². The molecule has 0 aromatic rings. The third kappa shape index (κ3) is 7.31. The van der Waals surface area contributed by atoms with Gasteiger partial charge in [-0.2, -0.15) is 0 Å². The number of carbonyl (C=O) groups excluding carboxylic acids is 1. The molecule has 1 rings (SSSR count). The minimum Gasteiger partial charge on any atom is -0.390 e. The first kappa shape index (κ1) is 16.2. The molecule has 2 amide bonds. The summed E-state index contributed by atoms with van der Waals surface area (Å²) in [5.74, 6) is 0. The van der Waals surface area contributed by atoms with Gasteiger partial charge < -0.3 is 25.4 Å². The first-order valence-electron chi connectivity index (χ1n) is 6.73. The number of nitrogens with zero attached hydrogens (tertiary/aromatic N) is 2. The molecule has 1 atom stereocenters. The van der Waals surface area contributed by atoms with Crippen molar-refractivity contribution >= 4 is 6.03 Å². The van der Waals surface area contributed by atoms with E-state index in [0.717, 1.165) is 26.3 Å². The Hall–Kier alpha value is -0.890. The molecule has 0 aliphatic carbocycles. The Bertz CT molecular complexity index is 257. The Labute approximate surface area is 114 Å². The maximum absolute atomic E-state index is 11.2. The summed E-state index contributed by atoms with van der Waals surface area (Å²) in [6, 6.07) is -0.101. The van der Waals surface area contributed by atoms with E-state index in [1.54, 1.807) is 14.1 Å². The molecule has 0 bridgehead atoms. The fourth-order valence-electron chi connectivity index (χ4n) is 1.83. The van der Waals surface area contributed by atoms with Crippen LogP contribution in [-0.2, 0) is 4.74 Å². The quantitative estimate of drug-likeness (QED) is 0.495. The number of hydrogen-bond acceptors (Lipinski definition) is 5. The molecular formula is C12H26N4O3. The van der Waals surface area contributed by atoms with Crippen molar-refractivity contribution in [2.45, 2.75) is 6.10 Å². The van der Waals surface area contributed by atoms with E-state index in [1.165, 1.54) is 4.90 Å². The van der Waals surface area contributed by atoms with Crippen LogP contribution in [0.2, 0.25) is 0 Å². The summed E-state index contributed by atoms with van der Waals surface area (Å²) in [4.78, 5) is 14.9. The number of aliphatic hydroxyl groups excluding tert-OH is 1. The van der Waals surface area contributed by atoms with Crippen molar-refractivity contribution < 1.29 is 14.6 Å². The predicted octanol–water partition coefficient (Wildman–Crippen LogP) is -1.46. The van der Waals surface area contributed by atoms with E-state index in [-0.39, 0.29) is 12.1 Å². The highest BCUT2D eigenvalue weighted by atomic mass is 16.5. The van der Waals surface area contributed by atoms with Gasteiger partial charge in [-0.1, -0.05) is 0 Å². The maximum Gasteiger partial charge on any atom is 0.316 e. The van der Waals surface area contributed by atoms with E-state index in [0.29, 0.717) is 26.2 Å². The summed E-state index contributed by atoms with van der Waals surface area (Å²) in [5, 5.41) is 15.7. The number of amides is 2. The third-order valence-electron chi connectivity index (χ3n) is 2.94. The smallest absolute Gasteiger partial charge is 0.316 e. The molecule has 0 saturated carbocycles. The van der Waals surface area contributed by atoms with Crippen molar-refractivity contribution in [1.29, 1.82) is 0 Å². The van der Waals surface area contributed by atoms with Crippen LogP contribution in [0.3, 0.4) is 0 Å². The first-order chi connectivity index (χ1) is 9.09. The van der Waals surface area contributed by atoms with Crippen LogP contribution in [0.5, 0.6) is 0 Å². The molecule has 3 N–H and O–H groups in total. The molecule has 1 heterocycles. The summed E-state index contributed by atoms with van der Waals surface area (Å²) >= 11 is 0. The fourth-order valence-corrected chi connectivity index (χ4v) is 1.83. The number of rotatable bonds is 7. The Kier molecular flexibility index (Phi) is 7.73. The molecule has 0 aromatic heterocycles. The molecular weight excluding hydrogens is 248 g/mol. The van der Waals surface area contributed by atoms with Crippen molar-refractivity contribution in [3.63, 3.8) is 0 Å². The van der Waals surface area contributed by atoms with Gasteiger partial charge in [0.1, 0.15) is 0 Å². The van der Waals surface area contributed by atoms with Crippen LogP contribution in [0.25, 0.3) is 0 Å². The molecule has 7 nitrogen and oxygen atoms in total. The number of β-amino-alcohol motifs (C(OH)–C–C–N with tert-alkyl or cyclic N) is 1. The lowest BCUT2D eigenvalue weighted by molar-refractivity contribution is 0.0150. The molecule has 1 unspecified atom stereocenters. The maximum atomic E-state index is 11.2. The number of hydrogen-bond donors (Lipinski definition) is 3. The number of nitrogens with one attached hydrogen (secondary N) is 2. The van der Waals surface area contributed by atoms with E-state index >= 15 is 0 Å². The second-order valence-corrected chi connectivity index (χ2v) is 4.90. The van der Waals surface area contributed by atoms with Crippen LogP contribution in [0, 0.1) is 0 Å². The van der Waals surface area contributed by atoms with E-state index in [2.05, 4.69) is 15.5 Å². The molecule has 7 heteroatoms. The molecule has 112 valence electrons. The topological polar surface area (TPSA) is 77.1 Å². The zero-order chi connectivity index (χ0) is 14.1. The summed E-state index contributed by atoms with van der Waals surface area (Å²) in [5.41, 5.74) is 0. The number of carbonyl (C=O) groups is 1. The molecule has 1 aliphatic heterocycles.